The Kier molecular flexibility index (Phi) is 6.35. The van der Waals surface area contributed by atoms with Crippen molar-refractivity contribution in [1.82, 2.24) is 0 Å². The predicted molar refractivity (Wildman–Crippen MR) is 128 cm³/mol. The first kappa shape index (κ1) is 22.6. The second kappa shape index (κ2) is 8.42. The zero-order chi connectivity index (χ0) is 21.7. The zero-order valence-electron chi connectivity index (χ0n) is 20.5. The van der Waals surface area contributed by atoms with Gasteiger partial charge in [-0.05, 0) is 123 Å². The van der Waals surface area contributed by atoms with Crippen LogP contribution >= 0.6 is 0 Å². The first-order chi connectivity index (χ1) is 14.2. The largest absolute Gasteiger partial charge is 0.393 e. The van der Waals surface area contributed by atoms with E-state index >= 15 is 0 Å². The summed E-state index contributed by atoms with van der Waals surface area (Å²) in [6, 6.07) is 0. The Balaban J connectivity index is 1.50. The lowest BCUT2D eigenvalue weighted by molar-refractivity contribution is -0.128. The first-order valence-electron chi connectivity index (χ1n) is 13.2. The molecule has 0 saturated heterocycles. The molecule has 4 aliphatic rings. The summed E-state index contributed by atoms with van der Waals surface area (Å²) in [6.45, 7) is 16.4. The van der Waals surface area contributed by atoms with Crippen molar-refractivity contribution >= 4 is 0 Å². The standard InChI is InChI=1S/C29H48O/c1-7-21(19(2)3)9-8-20(4)25-12-13-26-24-11-10-22-18-23(30)14-16-28(22,5)27(24)15-17-29(25,26)6/h8-9,20-27,30H,2,7,10-18H2,1,3-6H3. The predicted octanol–water partition coefficient (Wildman–Crippen LogP) is 7.80. The molecule has 0 radical (unpaired) electrons. The van der Waals surface area contributed by atoms with Crippen LogP contribution < -0.4 is 0 Å². The highest BCUT2D eigenvalue weighted by molar-refractivity contribution is 5.13. The number of aliphatic hydroxyl groups is 1. The van der Waals surface area contributed by atoms with Crippen molar-refractivity contribution in [2.45, 2.75) is 105 Å². The molecule has 0 aromatic carbocycles. The Labute approximate surface area is 186 Å². The van der Waals surface area contributed by atoms with Crippen LogP contribution in [0.3, 0.4) is 0 Å². The van der Waals surface area contributed by atoms with Gasteiger partial charge in [0, 0.05) is 0 Å². The monoisotopic (exact) mass is 412 g/mol. The number of fused-ring (bicyclic) bond motifs is 5. The molecular formula is C29H48O. The maximum Gasteiger partial charge on any atom is 0.0543 e. The average Bonchev–Trinajstić information content (AvgIpc) is 3.06. The number of hydrogen-bond acceptors (Lipinski definition) is 1. The molecule has 0 heterocycles. The Morgan fingerprint density at radius 2 is 1.70 bits per heavy atom. The van der Waals surface area contributed by atoms with Gasteiger partial charge in [-0.3, -0.25) is 0 Å². The van der Waals surface area contributed by atoms with E-state index in [-0.39, 0.29) is 6.10 Å². The Morgan fingerprint density at radius 3 is 2.40 bits per heavy atom. The van der Waals surface area contributed by atoms with Crippen LogP contribution in [0.1, 0.15) is 98.8 Å². The van der Waals surface area contributed by atoms with Crippen molar-refractivity contribution in [3.63, 3.8) is 0 Å². The molecule has 1 nitrogen and oxygen atoms in total. The molecule has 0 aromatic heterocycles. The summed E-state index contributed by atoms with van der Waals surface area (Å²) < 4.78 is 0. The Bertz CT molecular complexity index is 663. The second-order valence-corrected chi connectivity index (χ2v) is 12.4. The van der Waals surface area contributed by atoms with E-state index in [1.54, 1.807) is 0 Å². The lowest BCUT2D eigenvalue weighted by Gasteiger charge is -2.61. The Hall–Kier alpha value is -0.560. The molecule has 0 spiro atoms. The van der Waals surface area contributed by atoms with E-state index in [4.69, 9.17) is 0 Å². The Morgan fingerprint density at radius 1 is 1.00 bits per heavy atom. The van der Waals surface area contributed by atoms with Crippen LogP contribution in [0.5, 0.6) is 0 Å². The maximum atomic E-state index is 10.3. The van der Waals surface area contributed by atoms with E-state index in [2.05, 4.69) is 53.3 Å². The van der Waals surface area contributed by atoms with Crippen LogP contribution in [0.4, 0.5) is 0 Å². The minimum atomic E-state index is -0.0249. The molecule has 0 aliphatic heterocycles. The summed E-state index contributed by atoms with van der Waals surface area (Å²) in [6.07, 6.45) is 18.1. The third-order valence-electron chi connectivity index (χ3n) is 11.1. The highest BCUT2D eigenvalue weighted by Gasteiger charge is 2.60. The van der Waals surface area contributed by atoms with Gasteiger partial charge in [-0.25, -0.2) is 0 Å². The van der Waals surface area contributed by atoms with Crippen LogP contribution in [0.25, 0.3) is 0 Å². The molecule has 4 saturated carbocycles. The summed E-state index contributed by atoms with van der Waals surface area (Å²) in [5, 5.41) is 10.3. The normalized spacial score (nSPS) is 47.9. The van der Waals surface area contributed by atoms with Gasteiger partial charge in [0.1, 0.15) is 0 Å². The quantitative estimate of drug-likeness (QED) is 0.457. The van der Waals surface area contributed by atoms with E-state index in [0.29, 0.717) is 22.7 Å². The van der Waals surface area contributed by atoms with Gasteiger partial charge in [-0.2, -0.15) is 0 Å². The molecule has 10 atom stereocenters. The molecule has 1 N–H and O–H groups in total. The summed E-state index contributed by atoms with van der Waals surface area (Å²) in [5.41, 5.74) is 2.34. The van der Waals surface area contributed by atoms with Gasteiger partial charge in [0.05, 0.1) is 6.10 Å². The van der Waals surface area contributed by atoms with Gasteiger partial charge in [-0.1, -0.05) is 52.0 Å². The minimum absolute atomic E-state index is 0.0249. The lowest BCUT2D eigenvalue weighted by atomic mass is 9.44. The summed E-state index contributed by atoms with van der Waals surface area (Å²) in [5.74, 6) is 5.65. The third kappa shape index (κ3) is 3.66. The van der Waals surface area contributed by atoms with Crippen molar-refractivity contribution in [3.8, 4) is 0 Å². The fraction of sp³-hybridized carbons (Fsp3) is 0.862. The molecule has 4 aliphatic carbocycles. The zero-order valence-corrected chi connectivity index (χ0v) is 20.5. The molecular weight excluding hydrogens is 364 g/mol. The molecule has 1 heteroatoms. The van der Waals surface area contributed by atoms with Gasteiger partial charge in [0.25, 0.3) is 0 Å². The van der Waals surface area contributed by atoms with E-state index < -0.39 is 0 Å². The maximum absolute atomic E-state index is 10.3. The van der Waals surface area contributed by atoms with Gasteiger partial charge in [0.2, 0.25) is 0 Å². The van der Waals surface area contributed by atoms with Crippen molar-refractivity contribution in [1.29, 1.82) is 0 Å². The van der Waals surface area contributed by atoms with Crippen LogP contribution in [0, 0.1) is 52.3 Å². The van der Waals surface area contributed by atoms with Gasteiger partial charge >= 0.3 is 0 Å². The number of allylic oxidation sites excluding steroid dienone is 3. The fourth-order valence-electron chi connectivity index (χ4n) is 9.23. The third-order valence-corrected chi connectivity index (χ3v) is 11.1. The molecule has 170 valence electrons. The van der Waals surface area contributed by atoms with Crippen LogP contribution in [0.2, 0.25) is 0 Å². The summed E-state index contributed by atoms with van der Waals surface area (Å²) >= 11 is 0. The van der Waals surface area contributed by atoms with Crippen LogP contribution in [-0.4, -0.2) is 11.2 Å². The second-order valence-electron chi connectivity index (χ2n) is 12.4. The first-order valence-corrected chi connectivity index (χ1v) is 13.2. The van der Waals surface area contributed by atoms with Crippen LogP contribution in [-0.2, 0) is 0 Å². The molecule has 0 bridgehead atoms. The van der Waals surface area contributed by atoms with E-state index in [0.717, 1.165) is 42.4 Å². The van der Waals surface area contributed by atoms with Crippen molar-refractivity contribution in [2.75, 3.05) is 0 Å². The van der Waals surface area contributed by atoms with Crippen molar-refractivity contribution < 1.29 is 5.11 Å². The molecule has 4 fully saturated rings. The SMILES string of the molecule is C=C(C)C(C=CC(C)C1CCC2C3CCC4CC(O)CCC4(C)C3CCC12C)CC. The topological polar surface area (TPSA) is 20.2 Å². The van der Waals surface area contributed by atoms with Crippen LogP contribution in [0.15, 0.2) is 24.3 Å². The summed E-state index contributed by atoms with van der Waals surface area (Å²) in [4.78, 5) is 0. The average molecular weight is 413 g/mol. The van der Waals surface area contributed by atoms with Gasteiger partial charge in [-0.15, -0.1) is 0 Å². The highest BCUT2D eigenvalue weighted by Crippen LogP contribution is 2.68. The molecule has 0 amide bonds. The van der Waals surface area contributed by atoms with Gasteiger partial charge in [0.15, 0.2) is 0 Å². The van der Waals surface area contributed by atoms with Crippen molar-refractivity contribution in [3.05, 3.63) is 24.3 Å². The van der Waals surface area contributed by atoms with Crippen molar-refractivity contribution in [2.24, 2.45) is 52.3 Å². The summed E-state index contributed by atoms with van der Waals surface area (Å²) in [7, 11) is 0. The number of aliphatic hydroxyl groups excluding tert-OH is 1. The number of rotatable bonds is 5. The number of hydrogen-bond donors (Lipinski definition) is 1. The van der Waals surface area contributed by atoms with E-state index in [9.17, 15) is 5.11 Å². The molecule has 30 heavy (non-hydrogen) atoms. The van der Waals surface area contributed by atoms with Gasteiger partial charge < -0.3 is 5.11 Å². The van der Waals surface area contributed by atoms with E-state index in [1.807, 2.05) is 0 Å². The smallest absolute Gasteiger partial charge is 0.0543 e. The highest BCUT2D eigenvalue weighted by atomic mass is 16.3. The molecule has 0 aromatic rings. The minimum Gasteiger partial charge on any atom is -0.393 e. The molecule has 4 rings (SSSR count). The fourth-order valence-corrected chi connectivity index (χ4v) is 9.23. The lowest BCUT2D eigenvalue weighted by Crippen LogP contribution is -2.54. The van der Waals surface area contributed by atoms with E-state index in [1.165, 1.54) is 56.9 Å². The molecule has 10 unspecified atom stereocenters.